The van der Waals surface area contributed by atoms with Crippen LogP contribution < -0.4 is 5.32 Å². The van der Waals surface area contributed by atoms with Crippen molar-refractivity contribution in [1.82, 2.24) is 10.2 Å². The molecule has 4 heteroatoms. The first-order valence-corrected chi connectivity index (χ1v) is 7.89. The molecule has 1 aliphatic rings. The Labute approximate surface area is 127 Å². The Kier molecular flexibility index (Phi) is 6.54. The summed E-state index contributed by atoms with van der Waals surface area (Å²) >= 11 is 0. The summed E-state index contributed by atoms with van der Waals surface area (Å²) in [6.45, 7) is 2.28. The van der Waals surface area contributed by atoms with E-state index in [0.717, 1.165) is 51.9 Å². The van der Waals surface area contributed by atoms with Crippen molar-refractivity contribution < 1.29 is 9.53 Å². The van der Waals surface area contributed by atoms with Gasteiger partial charge in [0.05, 0.1) is 0 Å². The molecule has 1 saturated heterocycles. The maximum atomic E-state index is 12.0. The van der Waals surface area contributed by atoms with Gasteiger partial charge in [0, 0.05) is 32.8 Å². The zero-order chi connectivity index (χ0) is 14.9. The molecule has 1 aromatic carbocycles. The molecule has 0 spiro atoms. The van der Waals surface area contributed by atoms with Crippen molar-refractivity contribution in [2.24, 2.45) is 0 Å². The maximum Gasteiger partial charge on any atom is 0.317 e. The second-order valence-electron chi connectivity index (χ2n) is 5.63. The summed E-state index contributed by atoms with van der Waals surface area (Å²) < 4.78 is 5.33. The summed E-state index contributed by atoms with van der Waals surface area (Å²) in [5.74, 6) is 0. The van der Waals surface area contributed by atoms with E-state index in [1.165, 1.54) is 5.56 Å². The first kappa shape index (κ1) is 15.8. The highest BCUT2D eigenvalue weighted by atomic mass is 16.5. The van der Waals surface area contributed by atoms with E-state index in [4.69, 9.17) is 4.74 Å². The van der Waals surface area contributed by atoms with Crippen LogP contribution in [0.1, 0.15) is 31.2 Å². The molecule has 1 aromatic rings. The Hall–Kier alpha value is -1.55. The third-order valence-corrected chi connectivity index (χ3v) is 4.07. The molecule has 0 atom stereocenters. The van der Waals surface area contributed by atoms with Crippen LogP contribution in [0.5, 0.6) is 0 Å². The van der Waals surface area contributed by atoms with Crippen molar-refractivity contribution in [1.29, 1.82) is 0 Å². The Morgan fingerprint density at radius 2 is 1.95 bits per heavy atom. The summed E-state index contributed by atoms with van der Waals surface area (Å²) in [5, 5.41) is 3.01. The summed E-state index contributed by atoms with van der Waals surface area (Å²) in [6.07, 6.45) is 5.08. The summed E-state index contributed by atoms with van der Waals surface area (Å²) in [7, 11) is 1.88. The number of amides is 2. The van der Waals surface area contributed by atoms with E-state index in [1.807, 2.05) is 18.0 Å². The van der Waals surface area contributed by atoms with Crippen LogP contribution in [-0.2, 0) is 11.2 Å². The highest BCUT2D eigenvalue weighted by Gasteiger charge is 2.21. The van der Waals surface area contributed by atoms with E-state index in [9.17, 15) is 4.79 Å². The standard InChI is InChI=1S/C17H26N2O2/c1-19(16-10-13-21-14-11-16)17(20)18-12-6-5-9-15-7-3-2-4-8-15/h2-4,7-8,16H,5-6,9-14H2,1H3,(H,18,20). The average Bonchev–Trinajstić information content (AvgIpc) is 2.55. The van der Waals surface area contributed by atoms with Gasteiger partial charge in [-0.15, -0.1) is 0 Å². The summed E-state index contributed by atoms with van der Waals surface area (Å²) in [4.78, 5) is 13.9. The van der Waals surface area contributed by atoms with Crippen molar-refractivity contribution in [3.05, 3.63) is 35.9 Å². The van der Waals surface area contributed by atoms with Crippen LogP contribution in [0.4, 0.5) is 4.79 Å². The number of carbonyl (C=O) groups is 1. The molecule has 1 heterocycles. The monoisotopic (exact) mass is 290 g/mol. The van der Waals surface area contributed by atoms with Gasteiger partial charge >= 0.3 is 6.03 Å². The number of nitrogens with zero attached hydrogens (tertiary/aromatic N) is 1. The number of rotatable bonds is 6. The first-order valence-electron chi connectivity index (χ1n) is 7.89. The smallest absolute Gasteiger partial charge is 0.317 e. The van der Waals surface area contributed by atoms with Crippen LogP contribution in [-0.4, -0.2) is 43.8 Å². The Bertz CT molecular complexity index is 416. The molecule has 0 aromatic heterocycles. The fourth-order valence-electron chi connectivity index (χ4n) is 2.66. The molecule has 1 N–H and O–H groups in total. The fourth-order valence-corrected chi connectivity index (χ4v) is 2.66. The Morgan fingerprint density at radius 1 is 1.24 bits per heavy atom. The second kappa shape index (κ2) is 8.67. The van der Waals surface area contributed by atoms with E-state index < -0.39 is 0 Å². The van der Waals surface area contributed by atoms with E-state index in [1.54, 1.807) is 0 Å². The molecule has 2 amide bonds. The van der Waals surface area contributed by atoms with Gasteiger partial charge in [-0.05, 0) is 37.7 Å². The molecular formula is C17H26N2O2. The molecule has 0 aliphatic carbocycles. The lowest BCUT2D eigenvalue weighted by molar-refractivity contribution is 0.0526. The minimum Gasteiger partial charge on any atom is -0.381 e. The number of benzene rings is 1. The third kappa shape index (κ3) is 5.38. The quantitative estimate of drug-likeness (QED) is 0.819. The number of aryl methyl sites for hydroxylation is 1. The third-order valence-electron chi connectivity index (χ3n) is 4.07. The van der Waals surface area contributed by atoms with Crippen LogP contribution in [0, 0.1) is 0 Å². The minimum absolute atomic E-state index is 0.0432. The molecule has 0 unspecified atom stereocenters. The number of carbonyl (C=O) groups excluding carboxylic acids is 1. The molecule has 0 bridgehead atoms. The lowest BCUT2D eigenvalue weighted by Gasteiger charge is -2.31. The fraction of sp³-hybridized carbons (Fsp3) is 0.588. The molecular weight excluding hydrogens is 264 g/mol. The van der Waals surface area contributed by atoms with Crippen molar-refractivity contribution in [3.63, 3.8) is 0 Å². The van der Waals surface area contributed by atoms with Crippen molar-refractivity contribution in [2.45, 2.75) is 38.1 Å². The van der Waals surface area contributed by atoms with Gasteiger partial charge < -0.3 is 15.0 Å². The van der Waals surface area contributed by atoms with Crippen molar-refractivity contribution >= 4 is 6.03 Å². The van der Waals surface area contributed by atoms with Crippen LogP contribution in [0.2, 0.25) is 0 Å². The highest BCUT2D eigenvalue weighted by molar-refractivity contribution is 5.74. The van der Waals surface area contributed by atoms with Gasteiger partial charge in [0.15, 0.2) is 0 Å². The minimum atomic E-state index is 0.0432. The second-order valence-corrected chi connectivity index (χ2v) is 5.63. The van der Waals surface area contributed by atoms with Crippen LogP contribution in [0.3, 0.4) is 0 Å². The van der Waals surface area contributed by atoms with Crippen LogP contribution >= 0.6 is 0 Å². The van der Waals surface area contributed by atoms with Gasteiger partial charge in [-0.25, -0.2) is 4.79 Å². The van der Waals surface area contributed by atoms with E-state index in [-0.39, 0.29) is 6.03 Å². The predicted molar refractivity (Wildman–Crippen MR) is 84.4 cm³/mol. The lowest BCUT2D eigenvalue weighted by Crippen LogP contribution is -2.46. The van der Waals surface area contributed by atoms with Crippen molar-refractivity contribution in [2.75, 3.05) is 26.8 Å². The Balaban J connectivity index is 1.58. The zero-order valence-electron chi connectivity index (χ0n) is 12.9. The average molecular weight is 290 g/mol. The van der Waals surface area contributed by atoms with E-state index in [2.05, 4.69) is 29.6 Å². The SMILES string of the molecule is CN(C(=O)NCCCCc1ccccc1)C1CCOCC1. The maximum absolute atomic E-state index is 12.0. The predicted octanol–water partition coefficient (Wildman–Crippen LogP) is 2.83. The van der Waals surface area contributed by atoms with Crippen molar-refractivity contribution in [3.8, 4) is 0 Å². The Morgan fingerprint density at radius 3 is 2.67 bits per heavy atom. The molecule has 1 aliphatic heterocycles. The summed E-state index contributed by atoms with van der Waals surface area (Å²) in [5.41, 5.74) is 1.36. The molecule has 116 valence electrons. The van der Waals surface area contributed by atoms with Gasteiger partial charge in [-0.3, -0.25) is 0 Å². The number of hydrogen-bond acceptors (Lipinski definition) is 2. The number of hydrogen-bond donors (Lipinski definition) is 1. The molecule has 0 radical (unpaired) electrons. The molecule has 1 fully saturated rings. The summed E-state index contributed by atoms with van der Waals surface area (Å²) in [6, 6.07) is 10.8. The normalized spacial score (nSPS) is 15.7. The molecule has 2 rings (SSSR count). The van der Waals surface area contributed by atoms with Crippen LogP contribution in [0.15, 0.2) is 30.3 Å². The van der Waals surface area contributed by atoms with Gasteiger partial charge in [0.2, 0.25) is 0 Å². The lowest BCUT2D eigenvalue weighted by atomic mass is 10.1. The van der Waals surface area contributed by atoms with Gasteiger partial charge in [0.25, 0.3) is 0 Å². The van der Waals surface area contributed by atoms with Gasteiger partial charge in [-0.2, -0.15) is 0 Å². The number of ether oxygens (including phenoxy) is 1. The molecule has 4 nitrogen and oxygen atoms in total. The largest absolute Gasteiger partial charge is 0.381 e. The topological polar surface area (TPSA) is 41.6 Å². The zero-order valence-corrected chi connectivity index (χ0v) is 12.9. The van der Waals surface area contributed by atoms with Crippen LogP contribution in [0.25, 0.3) is 0 Å². The highest BCUT2D eigenvalue weighted by Crippen LogP contribution is 2.12. The van der Waals surface area contributed by atoms with Gasteiger partial charge in [0.1, 0.15) is 0 Å². The van der Waals surface area contributed by atoms with E-state index >= 15 is 0 Å². The van der Waals surface area contributed by atoms with Gasteiger partial charge in [-0.1, -0.05) is 30.3 Å². The number of nitrogens with one attached hydrogen (secondary N) is 1. The number of unbranched alkanes of at least 4 members (excludes halogenated alkanes) is 1. The molecule has 0 saturated carbocycles. The van der Waals surface area contributed by atoms with E-state index in [0.29, 0.717) is 6.04 Å². The first-order chi connectivity index (χ1) is 10.3. The number of urea groups is 1. The molecule has 21 heavy (non-hydrogen) atoms.